The van der Waals surface area contributed by atoms with E-state index in [4.69, 9.17) is 21.1 Å². The van der Waals surface area contributed by atoms with Gasteiger partial charge in [-0.25, -0.2) is 0 Å². The Hall–Kier alpha value is -1.30. The first kappa shape index (κ1) is 19.0. The Morgan fingerprint density at radius 3 is 2.89 bits per heavy atom. The average Bonchev–Trinajstić information content (AvgIpc) is 3.27. The number of benzene rings is 1. The summed E-state index contributed by atoms with van der Waals surface area (Å²) in [5, 5.41) is 4.45. The first-order valence-electron chi connectivity index (χ1n) is 10.2. The molecule has 3 aliphatic rings. The molecule has 2 aliphatic heterocycles. The van der Waals surface area contributed by atoms with E-state index in [2.05, 4.69) is 27.3 Å². The average molecular weight is 392 g/mol. The standard InChI is InChI=1S/C21H30ClN3O2/c1-23-21(24-20-13-19(20)15-4-2-5-16(22)12-15)25-9-7-17(8-10-25)27-14-18-6-3-11-26-18/h2,4-5,12,17-20H,3,6-11,13-14H2,1H3,(H,23,24). The number of nitrogens with zero attached hydrogens (tertiary/aromatic N) is 2. The van der Waals surface area contributed by atoms with Crippen LogP contribution >= 0.6 is 11.6 Å². The number of halogens is 1. The number of hydrogen-bond donors (Lipinski definition) is 1. The molecule has 4 rings (SSSR count). The van der Waals surface area contributed by atoms with E-state index in [0.717, 1.165) is 63.0 Å². The summed E-state index contributed by atoms with van der Waals surface area (Å²) in [5.74, 6) is 1.55. The number of nitrogens with one attached hydrogen (secondary N) is 1. The maximum Gasteiger partial charge on any atom is 0.193 e. The lowest BCUT2D eigenvalue weighted by Crippen LogP contribution is -2.48. The van der Waals surface area contributed by atoms with Gasteiger partial charge in [-0.2, -0.15) is 0 Å². The van der Waals surface area contributed by atoms with Gasteiger partial charge in [0.15, 0.2) is 5.96 Å². The van der Waals surface area contributed by atoms with Crippen LogP contribution in [0.5, 0.6) is 0 Å². The van der Waals surface area contributed by atoms with Crippen molar-refractivity contribution in [3.05, 3.63) is 34.9 Å². The molecule has 0 radical (unpaired) electrons. The highest BCUT2D eigenvalue weighted by Crippen LogP contribution is 2.41. The molecule has 2 heterocycles. The van der Waals surface area contributed by atoms with Crippen molar-refractivity contribution in [2.45, 2.75) is 56.3 Å². The van der Waals surface area contributed by atoms with Crippen molar-refractivity contribution in [2.24, 2.45) is 4.99 Å². The zero-order valence-corrected chi connectivity index (χ0v) is 16.8. The van der Waals surface area contributed by atoms with Gasteiger partial charge in [0.25, 0.3) is 0 Å². The molecule has 27 heavy (non-hydrogen) atoms. The Morgan fingerprint density at radius 1 is 1.33 bits per heavy atom. The molecule has 0 aromatic heterocycles. The summed E-state index contributed by atoms with van der Waals surface area (Å²) in [5.41, 5.74) is 1.32. The number of aliphatic imine (C=N–C) groups is 1. The predicted molar refractivity (Wildman–Crippen MR) is 109 cm³/mol. The minimum atomic E-state index is 0.316. The maximum absolute atomic E-state index is 6.13. The molecule has 5 nitrogen and oxygen atoms in total. The van der Waals surface area contributed by atoms with Crippen LogP contribution in [0.4, 0.5) is 0 Å². The van der Waals surface area contributed by atoms with Crippen LogP contribution in [-0.4, -0.2) is 62.5 Å². The van der Waals surface area contributed by atoms with Crippen LogP contribution in [0.25, 0.3) is 0 Å². The zero-order valence-electron chi connectivity index (χ0n) is 16.1. The van der Waals surface area contributed by atoms with Crippen molar-refractivity contribution in [2.75, 3.05) is 33.4 Å². The number of guanidine groups is 1. The van der Waals surface area contributed by atoms with Crippen LogP contribution in [0, 0.1) is 0 Å². The Balaban J connectivity index is 1.21. The van der Waals surface area contributed by atoms with Crippen LogP contribution in [0.3, 0.4) is 0 Å². The minimum absolute atomic E-state index is 0.316. The van der Waals surface area contributed by atoms with E-state index in [-0.39, 0.29) is 0 Å². The third kappa shape index (κ3) is 4.95. The monoisotopic (exact) mass is 391 g/mol. The van der Waals surface area contributed by atoms with E-state index in [1.165, 1.54) is 12.0 Å². The lowest BCUT2D eigenvalue weighted by molar-refractivity contribution is -0.0367. The summed E-state index contributed by atoms with van der Waals surface area (Å²) in [6, 6.07) is 8.66. The van der Waals surface area contributed by atoms with Crippen molar-refractivity contribution >= 4 is 17.6 Å². The molecule has 3 atom stereocenters. The highest BCUT2D eigenvalue weighted by atomic mass is 35.5. The lowest BCUT2D eigenvalue weighted by Gasteiger charge is -2.34. The molecule has 148 valence electrons. The van der Waals surface area contributed by atoms with Crippen molar-refractivity contribution in [1.29, 1.82) is 0 Å². The second kappa shape index (κ2) is 8.80. The molecule has 6 heteroatoms. The van der Waals surface area contributed by atoms with Gasteiger partial charge < -0.3 is 19.7 Å². The van der Waals surface area contributed by atoms with Gasteiger partial charge in [0.1, 0.15) is 0 Å². The molecular weight excluding hydrogens is 362 g/mol. The molecular formula is C21H30ClN3O2. The van der Waals surface area contributed by atoms with Crippen LogP contribution in [0.2, 0.25) is 5.02 Å². The Labute approximate surface area is 167 Å². The van der Waals surface area contributed by atoms with Crippen LogP contribution < -0.4 is 5.32 Å². The fourth-order valence-corrected chi connectivity index (χ4v) is 4.38. The van der Waals surface area contributed by atoms with E-state index in [1.807, 2.05) is 19.2 Å². The first-order chi connectivity index (χ1) is 13.2. The highest BCUT2D eigenvalue weighted by molar-refractivity contribution is 6.30. The molecule has 3 fully saturated rings. The van der Waals surface area contributed by atoms with Gasteiger partial charge >= 0.3 is 0 Å². The molecule has 0 spiro atoms. The van der Waals surface area contributed by atoms with Gasteiger partial charge in [0, 0.05) is 43.7 Å². The molecule has 1 aliphatic carbocycles. The van der Waals surface area contributed by atoms with Crippen molar-refractivity contribution in [1.82, 2.24) is 10.2 Å². The molecule has 1 aromatic carbocycles. The third-order valence-electron chi connectivity index (χ3n) is 5.88. The summed E-state index contributed by atoms with van der Waals surface area (Å²) in [6.07, 6.45) is 6.22. The smallest absolute Gasteiger partial charge is 0.193 e. The largest absolute Gasteiger partial charge is 0.376 e. The fourth-order valence-electron chi connectivity index (χ4n) is 4.18. The van der Waals surface area contributed by atoms with Gasteiger partial charge in [-0.3, -0.25) is 4.99 Å². The second-order valence-corrected chi connectivity index (χ2v) is 8.29. The van der Waals surface area contributed by atoms with Crippen molar-refractivity contribution in [3.63, 3.8) is 0 Å². The Bertz CT molecular complexity index is 655. The Morgan fingerprint density at radius 2 is 2.19 bits per heavy atom. The number of rotatable bonds is 5. The summed E-state index contributed by atoms with van der Waals surface area (Å²) < 4.78 is 11.7. The Kier molecular flexibility index (Phi) is 6.21. The zero-order chi connectivity index (χ0) is 18.6. The van der Waals surface area contributed by atoms with Gasteiger partial charge in [-0.05, 0) is 49.8 Å². The molecule has 0 bridgehead atoms. The van der Waals surface area contributed by atoms with Crippen molar-refractivity contribution < 1.29 is 9.47 Å². The van der Waals surface area contributed by atoms with Gasteiger partial charge in [0.05, 0.1) is 18.8 Å². The van der Waals surface area contributed by atoms with Crippen LogP contribution in [0.15, 0.2) is 29.3 Å². The first-order valence-corrected chi connectivity index (χ1v) is 10.6. The fraction of sp³-hybridized carbons (Fsp3) is 0.667. The van der Waals surface area contributed by atoms with E-state index < -0.39 is 0 Å². The minimum Gasteiger partial charge on any atom is -0.376 e. The van der Waals surface area contributed by atoms with E-state index in [1.54, 1.807) is 0 Å². The normalized spacial score (nSPS) is 29.2. The quantitative estimate of drug-likeness (QED) is 0.617. The van der Waals surface area contributed by atoms with E-state index in [9.17, 15) is 0 Å². The second-order valence-electron chi connectivity index (χ2n) is 7.85. The van der Waals surface area contributed by atoms with Gasteiger partial charge in [-0.1, -0.05) is 23.7 Å². The highest BCUT2D eigenvalue weighted by Gasteiger charge is 2.40. The molecule has 1 N–H and O–H groups in total. The summed E-state index contributed by atoms with van der Waals surface area (Å²) >= 11 is 6.13. The topological polar surface area (TPSA) is 46.1 Å². The maximum atomic E-state index is 6.13. The number of ether oxygens (including phenoxy) is 2. The van der Waals surface area contributed by atoms with Gasteiger partial charge in [-0.15, -0.1) is 0 Å². The van der Waals surface area contributed by atoms with E-state index >= 15 is 0 Å². The number of piperidine rings is 1. The lowest BCUT2D eigenvalue weighted by atomic mass is 10.1. The number of likely N-dealkylation sites (tertiary alicyclic amines) is 1. The third-order valence-corrected chi connectivity index (χ3v) is 6.11. The summed E-state index contributed by atoms with van der Waals surface area (Å²) in [4.78, 5) is 6.88. The summed E-state index contributed by atoms with van der Waals surface area (Å²) in [6.45, 7) is 3.63. The molecule has 3 unspecified atom stereocenters. The van der Waals surface area contributed by atoms with E-state index in [0.29, 0.717) is 24.2 Å². The van der Waals surface area contributed by atoms with Crippen LogP contribution in [0.1, 0.15) is 43.6 Å². The van der Waals surface area contributed by atoms with Gasteiger partial charge in [0.2, 0.25) is 0 Å². The molecule has 2 saturated heterocycles. The number of hydrogen-bond acceptors (Lipinski definition) is 3. The van der Waals surface area contributed by atoms with Crippen molar-refractivity contribution in [3.8, 4) is 0 Å². The SMILES string of the molecule is CN=C(NC1CC1c1cccc(Cl)c1)N1CCC(OCC2CCCO2)CC1. The summed E-state index contributed by atoms with van der Waals surface area (Å²) in [7, 11) is 1.87. The van der Waals surface area contributed by atoms with Crippen LogP contribution in [-0.2, 0) is 9.47 Å². The molecule has 1 aromatic rings. The molecule has 0 amide bonds. The molecule has 1 saturated carbocycles. The predicted octanol–water partition coefficient (Wildman–Crippen LogP) is 3.43.